The molecule has 0 aliphatic carbocycles. The van der Waals surface area contributed by atoms with Crippen molar-refractivity contribution in [1.82, 2.24) is 0 Å². The Morgan fingerprint density at radius 1 is 1.09 bits per heavy atom. The first-order chi connectivity index (χ1) is 10.9. The molecule has 7 nitrogen and oxygen atoms in total. The van der Waals surface area contributed by atoms with Crippen molar-refractivity contribution in [2.24, 2.45) is 11.7 Å². The summed E-state index contributed by atoms with van der Waals surface area (Å²) in [6, 6.07) is 3.24. The van der Waals surface area contributed by atoms with Gasteiger partial charge in [-0.15, -0.1) is 0 Å². The van der Waals surface area contributed by atoms with Crippen LogP contribution in [0.5, 0.6) is 11.5 Å². The number of nitrogens with two attached hydrogens (primary N) is 1. The maximum absolute atomic E-state index is 12.0. The molecule has 0 aromatic heterocycles. The SMILES string of the molecule is COc1cc(NC(=O)CCCN)c(NC(=O)C(C)C)cc1OC. The van der Waals surface area contributed by atoms with Crippen molar-refractivity contribution in [2.45, 2.75) is 26.7 Å². The Labute approximate surface area is 136 Å². The van der Waals surface area contributed by atoms with E-state index >= 15 is 0 Å². The van der Waals surface area contributed by atoms with Gasteiger partial charge in [0, 0.05) is 24.5 Å². The van der Waals surface area contributed by atoms with Crippen LogP contribution in [0.3, 0.4) is 0 Å². The van der Waals surface area contributed by atoms with E-state index in [0.29, 0.717) is 42.3 Å². The van der Waals surface area contributed by atoms with Crippen LogP contribution in [0.1, 0.15) is 26.7 Å². The quantitative estimate of drug-likeness (QED) is 0.679. The Morgan fingerprint density at radius 3 is 2.04 bits per heavy atom. The number of ether oxygens (including phenoxy) is 2. The summed E-state index contributed by atoms with van der Waals surface area (Å²) in [5.41, 5.74) is 6.33. The predicted molar refractivity (Wildman–Crippen MR) is 89.9 cm³/mol. The summed E-state index contributed by atoms with van der Waals surface area (Å²) in [5, 5.41) is 5.55. The van der Waals surface area contributed by atoms with Crippen LogP contribution in [0.15, 0.2) is 12.1 Å². The topological polar surface area (TPSA) is 103 Å². The van der Waals surface area contributed by atoms with Gasteiger partial charge in [-0.3, -0.25) is 9.59 Å². The Hall–Kier alpha value is -2.28. The van der Waals surface area contributed by atoms with Crippen LogP contribution in [-0.4, -0.2) is 32.6 Å². The maximum atomic E-state index is 12.0. The Bertz CT molecular complexity index is 559. The van der Waals surface area contributed by atoms with Crippen molar-refractivity contribution in [3.8, 4) is 11.5 Å². The number of benzene rings is 1. The number of carbonyl (C=O) groups excluding carboxylic acids is 2. The molecule has 0 unspecified atom stereocenters. The van der Waals surface area contributed by atoms with Crippen molar-refractivity contribution in [3.63, 3.8) is 0 Å². The molecule has 23 heavy (non-hydrogen) atoms. The van der Waals surface area contributed by atoms with Crippen molar-refractivity contribution >= 4 is 23.2 Å². The average Bonchev–Trinajstić information content (AvgIpc) is 2.53. The van der Waals surface area contributed by atoms with E-state index in [1.807, 2.05) is 0 Å². The lowest BCUT2D eigenvalue weighted by Gasteiger charge is -2.17. The monoisotopic (exact) mass is 323 g/mol. The minimum absolute atomic E-state index is 0.158. The molecule has 0 spiro atoms. The van der Waals surface area contributed by atoms with Gasteiger partial charge in [0.1, 0.15) is 0 Å². The zero-order valence-electron chi connectivity index (χ0n) is 14.1. The van der Waals surface area contributed by atoms with Gasteiger partial charge in [0.15, 0.2) is 11.5 Å². The van der Waals surface area contributed by atoms with Crippen molar-refractivity contribution < 1.29 is 19.1 Å². The predicted octanol–water partition coefficient (Wildman–Crippen LogP) is 1.98. The Kier molecular flexibility index (Phi) is 7.34. The molecule has 0 bridgehead atoms. The van der Waals surface area contributed by atoms with E-state index < -0.39 is 0 Å². The van der Waals surface area contributed by atoms with Crippen molar-refractivity contribution in [1.29, 1.82) is 0 Å². The summed E-state index contributed by atoms with van der Waals surface area (Å²) >= 11 is 0. The number of carbonyl (C=O) groups is 2. The molecule has 0 saturated carbocycles. The zero-order chi connectivity index (χ0) is 17.4. The molecular weight excluding hydrogens is 298 g/mol. The maximum Gasteiger partial charge on any atom is 0.226 e. The number of anilines is 2. The molecule has 1 aromatic rings. The third-order valence-corrected chi connectivity index (χ3v) is 3.19. The van der Waals surface area contributed by atoms with Gasteiger partial charge < -0.3 is 25.8 Å². The summed E-state index contributed by atoms with van der Waals surface area (Å²) in [7, 11) is 3.01. The van der Waals surface area contributed by atoms with E-state index in [2.05, 4.69) is 10.6 Å². The van der Waals surface area contributed by atoms with E-state index in [4.69, 9.17) is 15.2 Å². The van der Waals surface area contributed by atoms with Gasteiger partial charge in [0.2, 0.25) is 11.8 Å². The fraction of sp³-hybridized carbons (Fsp3) is 0.500. The molecule has 2 amide bonds. The highest BCUT2D eigenvalue weighted by Gasteiger charge is 2.16. The highest BCUT2D eigenvalue weighted by atomic mass is 16.5. The van der Waals surface area contributed by atoms with Crippen LogP contribution in [0, 0.1) is 5.92 Å². The lowest BCUT2D eigenvalue weighted by atomic mass is 10.1. The van der Waals surface area contributed by atoms with E-state index in [0.717, 1.165) is 0 Å². The highest BCUT2D eigenvalue weighted by molar-refractivity contribution is 6.00. The van der Waals surface area contributed by atoms with Crippen LogP contribution in [0.2, 0.25) is 0 Å². The number of rotatable bonds is 8. The lowest BCUT2D eigenvalue weighted by Crippen LogP contribution is -2.20. The lowest BCUT2D eigenvalue weighted by molar-refractivity contribution is -0.119. The third kappa shape index (κ3) is 5.45. The number of methoxy groups -OCH3 is 2. The molecule has 0 heterocycles. The molecule has 0 fully saturated rings. The van der Waals surface area contributed by atoms with Crippen molar-refractivity contribution in [3.05, 3.63) is 12.1 Å². The van der Waals surface area contributed by atoms with Crippen LogP contribution in [-0.2, 0) is 9.59 Å². The normalized spacial score (nSPS) is 10.3. The Morgan fingerprint density at radius 2 is 1.61 bits per heavy atom. The van der Waals surface area contributed by atoms with Gasteiger partial charge in [-0.05, 0) is 13.0 Å². The minimum atomic E-state index is -0.191. The third-order valence-electron chi connectivity index (χ3n) is 3.19. The first-order valence-electron chi connectivity index (χ1n) is 7.49. The number of nitrogens with one attached hydrogen (secondary N) is 2. The standard InChI is InChI=1S/C16H25N3O4/c1-10(2)16(21)19-12-9-14(23-4)13(22-3)8-11(12)18-15(20)6-5-7-17/h8-10H,5-7,17H2,1-4H3,(H,18,20)(H,19,21). The Balaban J connectivity index is 3.12. The van der Waals surface area contributed by atoms with E-state index in [1.54, 1.807) is 26.0 Å². The first-order valence-corrected chi connectivity index (χ1v) is 7.49. The molecule has 0 atom stereocenters. The zero-order valence-corrected chi connectivity index (χ0v) is 14.1. The van der Waals surface area contributed by atoms with Crippen LogP contribution in [0.4, 0.5) is 11.4 Å². The van der Waals surface area contributed by atoms with E-state index in [1.165, 1.54) is 14.2 Å². The van der Waals surface area contributed by atoms with Gasteiger partial charge in [0.05, 0.1) is 25.6 Å². The molecular formula is C16H25N3O4. The molecule has 4 N–H and O–H groups in total. The summed E-state index contributed by atoms with van der Waals surface area (Å²) in [4.78, 5) is 23.9. The summed E-state index contributed by atoms with van der Waals surface area (Å²) in [6.07, 6.45) is 0.898. The second kappa shape index (κ2) is 8.99. The van der Waals surface area contributed by atoms with Crippen LogP contribution < -0.4 is 25.8 Å². The molecule has 0 radical (unpaired) electrons. The molecule has 1 aromatic carbocycles. The van der Waals surface area contributed by atoms with Crippen LogP contribution in [0.25, 0.3) is 0 Å². The smallest absolute Gasteiger partial charge is 0.226 e. The molecule has 128 valence electrons. The number of amides is 2. The molecule has 7 heteroatoms. The van der Waals surface area contributed by atoms with E-state index in [-0.39, 0.29) is 17.7 Å². The highest BCUT2D eigenvalue weighted by Crippen LogP contribution is 2.36. The largest absolute Gasteiger partial charge is 0.493 e. The van der Waals surface area contributed by atoms with E-state index in [9.17, 15) is 9.59 Å². The van der Waals surface area contributed by atoms with Crippen molar-refractivity contribution in [2.75, 3.05) is 31.4 Å². The minimum Gasteiger partial charge on any atom is -0.493 e. The van der Waals surface area contributed by atoms with Gasteiger partial charge in [0.25, 0.3) is 0 Å². The van der Waals surface area contributed by atoms with Gasteiger partial charge >= 0.3 is 0 Å². The van der Waals surface area contributed by atoms with Crippen LogP contribution >= 0.6 is 0 Å². The average molecular weight is 323 g/mol. The number of hydrogen-bond acceptors (Lipinski definition) is 5. The molecule has 0 aliphatic heterocycles. The second-order valence-corrected chi connectivity index (χ2v) is 5.34. The second-order valence-electron chi connectivity index (χ2n) is 5.34. The summed E-state index contributed by atoms with van der Waals surface area (Å²) in [6.45, 7) is 4.02. The summed E-state index contributed by atoms with van der Waals surface area (Å²) in [5.74, 6) is 0.400. The fourth-order valence-electron chi connectivity index (χ4n) is 1.84. The molecule has 1 rings (SSSR count). The fourth-order valence-corrected chi connectivity index (χ4v) is 1.84. The van der Waals surface area contributed by atoms with Gasteiger partial charge in [-0.2, -0.15) is 0 Å². The first kappa shape index (κ1) is 18.8. The summed E-state index contributed by atoms with van der Waals surface area (Å²) < 4.78 is 10.5. The van der Waals surface area contributed by atoms with Gasteiger partial charge in [-0.25, -0.2) is 0 Å². The molecule has 0 saturated heterocycles. The van der Waals surface area contributed by atoms with Gasteiger partial charge in [-0.1, -0.05) is 13.8 Å². The molecule has 0 aliphatic rings. The number of hydrogen-bond donors (Lipinski definition) is 3.